The fourth-order valence-corrected chi connectivity index (χ4v) is 2.20. The van der Waals surface area contributed by atoms with Crippen molar-refractivity contribution in [3.63, 3.8) is 0 Å². The zero-order valence-corrected chi connectivity index (χ0v) is 10.2. The van der Waals surface area contributed by atoms with Gasteiger partial charge in [-0.15, -0.1) is 0 Å². The third-order valence-electron chi connectivity index (χ3n) is 2.88. The van der Waals surface area contributed by atoms with E-state index in [4.69, 9.17) is 0 Å². The van der Waals surface area contributed by atoms with Gasteiger partial charge in [-0.3, -0.25) is 4.79 Å². The molecule has 0 aromatic rings. The van der Waals surface area contributed by atoms with Crippen LogP contribution in [0.2, 0.25) is 0 Å². The van der Waals surface area contributed by atoms with E-state index in [1.165, 1.54) is 0 Å². The van der Waals surface area contributed by atoms with Gasteiger partial charge >= 0.3 is 0 Å². The van der Waals surface area contributed by atoms with E-state index in [-0.39, 0.29) is 11.8 Å². The van der Waals surface area contributed by atoms with Gasteiger partial charge in [0.05, 0.1) is 5.92 Å². The highest BCUT2D eigenvalue weighted by Gasteiger charge is 2.21. The number of piperidine rings is 1. The monoisotopic (exact) mass is 212 g/mol. The van der Waals surface area contributed by atoms with Crippen LogP contribution in [0.25, 0.3) is 0 Å². The summed E-state index contributed by atoms with van der Waals surface area (Å²) in [5, 5.41) is 6.37. The molecule has 0 aliphatic carbocycles. The Morgan fingerprint density at radius 2 is 2.20 bits per heavy atom. The summed E-state index contributed by atoms with van der Waals surface area (Å²) in [6, 6.07) is 0.305. The molecule has 1 amide bonds. The van der Waals surface area contributed by atoms with Crippen molar-refractivity contribution in [1.82, 2.24) is 10.6 Å². The molecule has 1 heterocycles. The van der Waals surface area contributed by atoms with Gasteiger partial charge in [0.1, 0.15) is 0 Å². The lowest BCUT2D eigenvalue weighted by Gasteiger charge is -2.24. The highest BCUT2D eigenvalue weighted by atomic mass is 16.1. The van der Waals surface area contributed by atoms with Crippen molar-refractivity contribution in [2.45, 2.75) is 46.1 Å². The molecular weight excluding hydrogens is 188 g/mol. The van der Waals surface area contributed by atoms with E-state index >= 15 is 0 Å². The molecule has 1 fully saturated rings. The molecule has 15 heavy (non-hydrogen) atoms. The van der Waals surface area contributed by atoms with Crippen molar-refractivity contribution in [3.8, 4) is 0 Å². The zero-order chi connectivity index (χ0) is 11.3. The lowest BCUT2D eigenvalue weighted by atomic mass is 9.97. The minimum Gasteiger partial charge on any atom is -0.353 e. The van der Waals surface area contributed by atoms with E-state index < -0.39 is 0 Å². The van der Waals surface area contributed by atoms with Crippen molar-refractivity contribution in [2.24, 2.45) is 11.8 Å². The van der Waals surface area contributed by atoms with Gasteiger partial charge in [-0.2, -0.15) is 0 Å². The third kappa shape index (κ3) is 4.65. The summed E-state index contributed by atoms with van der Waals surface area (Å²) in [6.45, 7) is 8.37. The molecule has 1 aliphatic rings. The first kappa shape index (κ1) is 12.5. The number of carbonyl (C=O) groups excluding carboxylic acids is 1. The maximum atomic E-state index is 11.8. The van der Waals surface area contributed by atoms with E-state index in [2.05, 4.69) is 31.4 Å². The summed E-state index contributed by atoms with van der Waals surface area (Å²) in [7, 11) is 0. The third-order valence-corrected chi connectivity index (χ3v) is 2.88. The fraction of sp³-hybridized carbons (Fsp3) is 0.917. The van der Waals surface area contributed by atoms with E-state index in [0.29, 0.717) is 12.0 Å². The number of rotatable bonds is 4. The molecule has 1 aliphatic heterocycles. The smallest absolute Gasteiger partial charge is 0.224 e. The zero-order valence-electron chi connectivity index (χ0n) is 10.2. The van der Waals surface area contributed by atoms with E-state index in [1.807, 2.05) is 0 Å². The van der Waals surface area contributed by atoms with Crippen LogP contribution in [0.1, 0.15) is 40.0 Å². The number of amides is 1. The van der Waals surface area contributed by atoms with Crippen LogP contribution in [0.5, 0.6) is 0 Å². The maximum absolute atomic E-state index is 11.8. The van der Waals surface area contributed by atoms with Crippen LogP contribution in [0, 0.1) is 11.8 Å². The quantitative estimate of drug-likeness (QED) is 0.742. The molecule has 0 aromatic heterocycles. The van der Waals surface area contributed by atoms with Gasteiger partial charge in [-0.25, -0.2) is 0 Å². The molecule has 0 aromatic carbocycles. The summed E-state index contributed by atoms with van der Waals surface area (Å²) in [6.07, 6.45) is 3.22. The molecule has 0 radical (unpaired) electrons. The van der Waals surface area contributed by atoms with Crippen molar-refractivity contribution >= 4 is 5.91 Å². The first-order valence-corrected chi connectivity index (χ1v) is 6.10. The molecule has 0 bridgehead atoms. The maximum Gasteiger partial charge on any atom is 0.224 e. The average molecular weight is 212 g/mol. The predicted octanol–water partition coefficient (Wildman–Crippen LogP) is 1.54. The standard InChI is InChI=1S/C12H24N2O/c1-9(2)7-10(3)14-12(15)11-5-4-6-13-8-11/h9-11,13H,4-8H2,1-3H3,(H,14,15). The first-order chi connectivity index (χ1) is 7.09. The predicted molar refractivity (Wildman–Crippen MR) is 62.7 cm³/mol. The highest BCUT2D eigenvalue weighted by Crippen LogP contribution is 2.11. The summed E-state index contributed by atoms with van der Waals surface area (Å²) in [5.74, 6) is 1.06. The van der Waals surface area contributed by atoms with Gasteiger partial charge in [-0.05, 0) is 38.6 Å². The lowest BCUT2D eigenvalue weighted by molar-refractivity contribution is -0.126. The van der Waals surface area contributed by atoms with Crippen molar-refractivity contribution in [3.05, 3.63) is 0 Å². The van der Waals surface area contributed by atoms with Gasteiger partial charge in [0.15, 0.2) is 0 Å². The Kier molecular flexibility index (Phi) is 5.09. The second-order valence-electron chi connectivity index (χ2n) is 5.08. The van der Waals surface area contributed by atoms with Crippen LogP contribution in [0.3, 0.4) is 0 Å². The molecule has 1 rings (SSSR count). The molecule has 88 valence electrons. The number of hydrogen-bond acceptors (Lipinski definition) is 2. The summed E-state index contributed by atoms with van der Waals surface area (Å²) < 4.78 is 0. The molecular formula is C12H24N2O. The van der Waals surface area contributed by atoms with Crippen LogP contribution in [-0.4, -0.2) is 25.0 Å². The highest BCUT2D eigenvalue weighted by molar-refractivity contribution is 5.79. The van der Waals surface area contributed by atoms with E-state index in [1.54, 1.807) is 0 Å². The summed E-state index contributed by atoms with van der Waals surface area (Å²) >= 11 is 0. The van der Waals surface area contributed by atoms with Gasteiger partial charge in [0, 0.05) is 12.6 Å². The average Bonchev–Trinajstić information content (AvgIpc) is 2.17. The Morgan fingerprint density at radius 3 is 2.73 bits per heavy atom. The van der Waals surface area contributed by atoms with Crippen LogP contribution >= 0.6 is 0 Å². The molecule has 2 N–H and O–H groups in total. The molecule has 1 saturated heterocycles. The number of hydrogen-bond donors (Lipinski definition) is 2. The Morgan fingerprint density at radius 1 is 1.47 bits per heavy atom. The van der Waals surface area contributed by atoms with Crippen molar-refractivity contribution in [1.29, 1.82) is 0 Å². The van der Waals surface area contributed by atoms with E-state index in [0.717, 1.165) is 32.4 Å². The lowest BCUT2D eigenvalue weighted by Crippen LogP contribution is -2.43. The topological polar surface area (TPSA) is 41.1 Å². The minimum absolute atomic E-state index is 0.188. The molecule has 3 heteroatoms. The van der Waals surface area contributed by atoms with Crippen molar-refractivity contribution < 1.29 is 4.79 Å². The summed E-state index contributed by atoms with van der Waals surface area (Å²) in [4.78, 5) is 11.8. The van der Waals surface area contributed by atoms with Gasteiger partial charge in [0.25, 0.3) is 0 Å². The second-order valence-corrected chi connectivity index (χ2v) is 5.08. The first-order valence-electron chi connectivity index (χ1n) is 6.10. The van der Waals surface area contributed by atoms with Crippen LogP contribution in [0.15, 0.2) is 0 Å². The van der Waals surface area contributed by atoms with Gasteiger partial charge < -0.3 is 10.6 Å². The van der Waals surface area contributed by atoms with Crippen molar-refractivity contribution in [2.75, 3.05) is 13.1 Å². The number of carbonyl (C=O) groups is 1. The number of nitrogens with one attached hydrogen (secondary N) is 2. The van der Waals surface area contributed by atoms with Crippen LogP contribution in [-0.2, 0) is 4.79 Å². The van der Waals surface area contributed by atoms with Crippen LogP contribution < -0.4 is 10.6 Å². The molecule has 0 spiro atoms. The van der Waals surface area contributed by atoms with Crippen LogP contribution in [0.4, 0.5) is 0 Å². The Labute approximate surface area is 93.0 Å². The second kappa shape index (κ2) is 6.11. The molecule has 3 nitrogen and oxygen atoms in total. The fourth-order valence-electron chi connectivity index (χ4n) is 2.20. The SMILES string of the molecule is CC(C)CC(C)NC(=O)C1CCCNC1. The largest absolute Gasteiger partial charge is 0.353 e. The molecule has 2 atom stereocenters. The van der Waals surface area contributed by atoms with Gasteiger partial charge in [0.2, 0.25) is 5.91 Å². The van der Waals surface area contributed by atoms with E-state index in [9.17, 15) is 4.79 Å². The Hall–Kier alpha value is -0.570. The Bertz CT molecular complexity index is 198. The minimum atomic E-state index is 0.188. The Balaban J connectivity index is 2.27. The molecule has 2 unspecified atom stereocenters. The molecule has 0 saturated carbocycles. The van der Waals surface area contributed by atoms with Gasteiger partial charge in [-0.1, -0.05) is 13.8 Å². The summed E-state index contributed by atoms with van der Waals surface area (Å²) in [5.41, 5.74) is 0. The normalized spacial score (nSPS) is 23.9.